The molecule has 1 aliphatic rings. The summed E-state index contributed by atoms with van der Waals surface area (Å²) < 4.78 is 32.8. The van der Waals surface area contributed by atoms with Crippen molar-refractivity contribution < 1.29 is 22.4 Å². The Morgan fingerprint density at radius 2 is 1.72 bits per heavy atom. The van der Waals surface area contributed by atoms with Gasteiger partial charge in [-0.3, -0.25) is 14.3 Å². The summed E-state index contributed by atoms with van der Waals surface area (Å²) in [7, 11) is -3.80. The summed E-state index contributed by atoms with van der Waals surface area (Å²) in [6.45, 7) is 3.70. The SMILES string of the molecule is CC(=O)c1ccc(S(=O)(=O)Nc2ccc(N3CCN(C(=O)c4ccco4)CC3)nc2)cc1. The molecule has 0 unspecified atom stereocenters. The van der Waals surface area contributed by atoms with E-state index in [4.69, 9.17) is 4.42 Å². The molecule has 10 heteroatoms. The normalized spacial score (nSPS) is 14.3. The van der Waals surface area contributed by atoms with Gasteiger partial charge < -0.3 is 14.2 Å². The number of Topliss-reactive ketones (excluding diaryl/α,β-unsaturated/α-hetero) is 1. The second-order valence-corrected chi connectivity index (χ2v) is 9.03. The van der Waals surface area contributed by atoms with Gasteiger partial charge in [0.2, 0.25) is 0 Å². The highest BCUT2D eigenvalue weighted by Crippen LogP contribution is 2.20. The van der Waals surface area contributed by atoms with Gasteiger partial charge in [0.25, 0.3) is 15.9 Å². The Morgan fingerprint density at radius 1 is 1.00 bits per heavy atom. The number of anilines is 2. The summed E-state index contributed by atoms with van der Waals surface area (Å²) >= 11 is 0. The topological polar surface area (TPSA) is 113 Å². The molecule has 0 saturated carbocycles. The number of nitrogens with one attached hydrogen (secondary N) is 1. The Kier molecular flexibility index (Phi) is 5.95. The molecule has 1 aliphatic heterocycles. The fraction of sp³-hybridized carbons (Fsp3) is 0.227. The third-order valence-corrected chi connectivity index (χ3v) is 6.59. The number of hydrogen-bond donors (Lipinski definition) is 1. The van der Waals surface area contributed by atoms with Gasteiger partial charge >= 0.3 is 0 Å². The summed E-state index contributed by atoms with van der Waals surface area (Å²) in [4.78, 5) is 31.9. The molecule has 0 bridgehead atoms. The Morgan fingerprint density at radius 3 is 2.28 bits per heavy atom. The number of ketones is 1. The Balaban J connectivity index is 1.37. The van der Waals surface area contributed by atoms with Crippen LogP contribution < -0.4 is 9.62 Å². The molecule has 3 aromatic rings. The molecule has 0 spiro atoms. The minimum Gasteiger partial charge on any atom is -0.459 e. The van der Waals surface area contributed by atoms with Crippen LogP contribution in [0.1, 0.15) is 27.8 Å². The molecule has 0 atom stereocenters. The first-order valence-electron chi connectivity index (χ1n) is 10.0. The number of furan rings is 1. The Hall–Kier alpha value is -3.66. The van der Waals surface area contributed by atoms with Crippen LogP contribution in [-0.2, 0) is 10.0 Å². The summed E-state index contributed by atoms with van der Waals surface area (Å²) in [6.07, 6.45) is 2.93. The van der Waals surface area contributed by atoms with Crippen LogP contribution in [-0.4, -0.2) is 56.2 Å². The van der Waals surface area contributed by atoms with Gasteiger partial charge in [0.05, 0.1) is 23.0 Å². The molecule has 1 aromatic carbocycles. The maximum absolute atomic E-state index is 12.6. The van der Waals surface area contributed by atoms with E-state index < -0.39 is 10.0 Å². The number of sulfonamides is 1. The van der Waals surface area contributed by atoms with Gasteiger partial charge in [0, 0.05) is 31.7 Å². The average molecular weight is 455 g/mol. The lowest BCUT2D eigenvalue weighted by atomic mass is 10.2. The molecule has 1 fully saturated rings. The predicted molar refractivity (Wildman–Crippen MR) is 118 cm³/mol. The fourth-order valence-electron chi connectivity index (χ4n) is 3.41. The number of aromatic nitrogens is 1. The highest BCUT2D eigenvalue weighted by atomic mass is 32.2. The Bertz CT molecular complexity index is 1200. The number of piperazine rings is 1. The predicted octanol–water partition coefficient (Wildman–Crippen LogP) is 2.64. The highest BCUT2D eigenvalue weighted by molar-refractivity contribution is 7.92. The van der Waals surface area contributed by atoms with E-state index in [2.05, 4.69) is 9.71 Å². The van der Waals surface area contributed by atoms with Gasteiger partial charge in [0.1, 0.15) is 5.82 Å². The van der Waals surface area contributed by atoms with Crippen molar-refractivity contribution in [2.45, 2.75) is 11.8 Å². The van der Waals surface area contributed by atoms with Gasteiger partial charge in [-0.05, 0) is 43.3 Å². The summed E-state index contributed by atoms with van der Waals surface area (Å²) in [5, 5.41) is 0. The van der Waals surface area contributed by atoms with E-state index in [0.717, 1.165) is 0 Å². The van der Waals surface area contributed by atoms with Crippen LogP contribution in [0.3, 0.4) is 0 Å². The summed E-state index contributed by atoms with van der Waals surface area (Å²) in [5.41, 5.74) is 0.775. The quantitative estimate of drug-likeness (QED) is 0.570. The molecule has 9 nitrogen and oxygen atoms in total. The second-order valence-electron chi connectivity index (χ2n) is 7.35. The number of nitrogens with zero attached hydrogens (tertiary/aromatic N) is 3. The highest BCUT2D eigenvalue weighted by Gasteiger charge is 2.24. The lowest BCUT2D eigenvalue weighted by molar-refractivity contribution is 0.0714. The van der Waals surface area contributed by atoms with E-state index in [1.165, 1.54) is 43.6 Å². The first kappa shape index (κ1) is 21.6. The van der Waals surface area contributed by atoms with Crippen LogP contribution in [0.25, 0.3) is 0 Å². The Labute approximate surface area is 185 Å². The first-order chi connectivity index (χ1) is 15.3. The maximum Gasteiger partial charge on any atom is 0.289 e. The molecule has 2 aromatic heterocycles. The molecule has 166 valence electrons. The minimum absolute atomic E-state index is 0.0592. The minimum atomic E-state index is -3.80. The van der Waals surface area contributed by atoms with Gasteiger partial charge in [0.15, 0.2) is 11.5 Å². The van der Waals surface area contributed by atoms with Crippen LogP contribution in [0.2, 0.25) is 0 Å². The number of pyridine rings is 1. The number of rotatable bonds is 6. The van der Waals surface area contributed by atoms with Crippen molar-refractivity contribution in [2.24, 2.45) is 0 Å². The van der Waals surface area contributed by atoms with E-state index in [0.29, 0.717) is 49.0 Å². The van der Waals surface area contributed by atoms with Gasteiger partial charge in [-0.1, -0.05) is 12.1 Å². The second kappa shape index (κ2) is 8.83. The van der Waals surface area contributed by atoms with Crippen molar-refractivity contribution in [1.82, 2.24) is 9.88 Å². The van der Waals surface area contributed by atoms with Crippen LogP contribution >= 0.6 is 0 Å². The fourth-order valence-corrected chi connectivity index (χ4v) is 4.45. The number of carbonyl (C=O) groups is 2. The summed E-state index contributed by atoms with van der Waals surface area (Å²) in [6, 6.07) is 12.5. The zero-order chi connectivity index (χ0) is 22.7. The summed E-state index contributed by atoms with van der Waals surface area (Å²) in [5.74, 6) is 0.754. The number of amides is 1. The zero-order valence-electron chi connectivity index (χ0n) is 17.4. The van der Waals surface area contributed by atoms with E-state index in [9.17, 15) is 18.0 Å². The van der Waals surface area contributed by atoms with Gasteiger partial charge in [-0.25, -0.2) is 13.4 Å². The van der Waals surface area contributed by atoms with Crippen molar-refractivity contribution in [1.29, 1.82) is 0 Å². The third kappa shape index (κ3) is 4.65. The molecule has 32 heavy (non-hydrogen) atoms. The maximum atomic E-state index is 12.6. The molecule has 4 rings (SSSR count). The van der Waals surface area contributed by atoms with E-state index in [1.54, 1.807) is 29.2 Å². The molecular weight excluding hydrogens is 432 g/mol. The van der Waals surface area contributed by atoms with Crippen molar-refractivity contribution in [2.75, 3.05) is 35.8 Å². The molecule has 1 N–H and O–H groups in total. The van der Waals surface area contributed by atoms with Crippen molar-refractivity contribution in [3.8, 4) is 0 Å². The smallest absolute Gasteiger partial charge is 0.289 e. The van der Waals surface area contributed by atoms with Crippen molar-refractivity contribution in [3.05, 3.63) is 72.3 Å². The standard InChI is InChI=1S/C22H22N4O5S/c1-16(27)17-4-7-19(8-5-17)32(29,30)24-18-6-9-21(23-15-18)25-10-12-26(13-11-25)22(28)20-3-2-14-31-20/h2-9,14-15,24H,10-13H2,1H3. The lowest BCUT2D eigenvalue weighted by Crippen LogP contribution is -2.49. The first-order valence-corrected chi connectivity index (χ1v) is 11.5. The number of carbonyl (C=O) groups excluding carboxylic acids is 2. The lowest BCUT2D eigenvalue weighted by Gasteiger charge is -2.35. The van der Waals surface area contributed by atoms with Crippen LogP contribution in [0.4, 0.5) is 11.5 Å². The molecule has 3 heterocycles. The molecule has 0 radical (unpaired) electrons. The largest absolute Gasteiger partial charge is 0.459 e. The van der Waals surface area contributed by atoms with E-state index in [-0.39, 0.29) is 16.6 Å². The van der Waals surface area contributed by atoms with Crippen LogP contribution in [0.5, 0.6) is 0 Å². The van der Waals surface area contributed by atoms with Crippen molar-refractivity contribution in [3.63, 3.8) is 0 Å². The van der Waals surface area contributed by atoms with Gasteiger partial charge in [-0.15, -0.1) is 0 Å². The number of benzene rings is 1. The third-order valence-electron chi connectivity index (χ3n) is 5.19. The van der Waals surface area contributed by atoms with Crippen LogP contribution in [0.15, 0.2) is 70.3 Å². The zero-order valence-corrected chi connectivity index (χ0v) is 18.2. The molecule has 0 aliphatic carbocycles. The number of hydrogen-bond acceptors (Lipinski definition) is 7. The van der Waals surface area contributed by atoms with Crippen LogP contribution in [0, 0.1) is 0 Å². The van der Waals surface area contributed by atoms with Crippen molar-refractivity contribution >= 4 is 33.2 Å². The average Bonchev–Trinajstić information content (AvgIpc) is 3.34. The molecular formula is C22H22N4O5S. The van der Waals surface area contributed by atoms with E-state index >= 15 is 0 Å². The monoisotopic (exact) mass is 454 g/mol. The molecule has 1 amide bonds. The molecule has 1 saturated heterocycles. The van der Waals surface area contributed by atoms with E-state index in [1.807, 2.05) is 4.90 Å². The van der Waals surface area contributed by atoms with Gasteiger partial charge in [-0.2, -0.15) is 0 Å².